The molecule has 0 bridgehead atoms. The highest BCUT2D eigenvalue weighted by Gasteiger charge is 2.25. The highest BCUT2D eigenvalue weighted by Crippen LogP contribution is 2.23. The van der Waals surface area contributed by atoms with Gasteiger partial charge in [0, 0.05) is 17.2 Å². The second kappa shape index (κ2) is 6.55. The predicted molar refractivity (Wildman–Crippen MR) is 89.5 cm³/mol. The molecule has 3 rings (SSSR count). The highest BCUT2D eigenvalue weighted by atomic mass is 19.1. The van der Waals surface area contributed by atoms with Crippen molar-refractivity contribution in [3.8, 4) is 0 Å². The van der Waals surface area contributed by atoms with Crippen LogP contribution in [0.5, 0.6) is 0 Å². The van der Waals surface area contributed by atoms with Gasteiger partial charge in [-0.15, -0.1) is 0 Å². The van der Waals surface area contributed by atoms with E-state index in [2.05, 4.69) is 15.3 Å². The van der Waals surface area contributed by atoms with Gasteiger partial charge in [0.15, 0.2) is 0 Å². The third kappa shape index (κ3) is 3.37. The molecular weight excluding hydrogens is 309 g/mol. The molecule has 0 fully saturated rings. The number of hydrogen-bond acceptors (Lipinski definition) is 3. The number of carbonyl (C=O) groups is 1. The van der Waals surface area contributed by atoms with Crippen LogP contribution < -0.4 is 10.9 Å². The van der Waals surface area contributed by atoms with Crippen LogP contribution in [0.15, 0.2) is 23.0 Å². The quantitative estimate of drug-likeness (QED) is 0.832. The van der Waals surface area contributed by atoms with Crippen molar-refractivity contribution in [3.05, 3.63) is 57.0 Å². The van der Waals surface area contributed by atoms with E-state index < -0.39 is 0 Å². The number of carbonyl (C=O) groups excluding carboxylic acids is 1. The lowest BCUT2D eigenvalue weighted by molar-refractivity contribution is -0.120. The van der Waals surface area contributed by atoms with E-state index in [0.29, 0.717) is 48.3 Å². The first-order chi connectivity index (χ1) is 11.4. The van der Waals surface area contributed by atoms with Crippen LogP contribution in [0.3, 0.4) is 0 Å². The Bertz CT molecular complexity index is 845. The second-order valence-electron chi connectivity index (χ2n) is 6.30. The van der Waals surface area contributed by atoms with E-state index in [1.807, 2.05) is 0 Å². The Morgan fingerprint density at radius 1 is 1.29 bits per heavy atom. The summed E-state index contributed by atoms with van der Waals surface area (Å²) in [5.41, 5.74) is 2.35. The number of H-pyrrole nitrogens is 1. The number of halogens is 1. The van der Waals surface area contributed by atoms with Crippen molar-refractivity contribution in [2.45, 2.75) is 39.5 Å². The zero-order chi connectivity index (χ0) is 17.3. The first-order valence-electron chi connectivity index (χ1n) is 8.09. The smallest absolute Gasteiger partial charge is 0.254 e. The van der Waals surface area contributed by atoms with Gasteiger partial charge in [0.2, 0.25) is 5.91 Å². The topological polar surface area (TPSA) is 74.8 Å². The summed E-state index contributed by atoms with van der Waals surface area (Å²) in [5.74, 6) is -0.105. The average Bonchev–Trinajstić information content (AvgIpc) is 2.73. The van der Waals surface area contributed by atoms with Gasteiger partial charge in [-0.1, -0.05) is 6.07 Å². The number of nitrogens with one attached hydrogen (secondary N) is 2. The molecule has 6 heteroatoms. The van der Waals surface area contributed by atoms with Gasteiger partial charge >= 0.3 is 0 Å². The Morgan fingerprint density at radius 2 is 2.04 bits per heavy atom. The predicted octanol–water partition coefficient (Wildman–Crippen LogP) is 2.66. The fourth-order valence-electron chi connectivity index (χ4n) is 3.08. The SMILES string of the molecule is Cc1nc2c(c(=O)[nH]1)CCC(C(=O)Nc1ccc(C)c(F)c1)CC2. The third-order valence-corrected chi connectivity index (χ3v) is 4.50. The van der Waals surface area contributed by atoms with Gasteiger partial charge in [-0.3, -0.25) is 9.59 Å². The molecule has 126 valence electrons. The van der Waals surface area contributed by atoms with E-state index >= 15 is 0 Å². The fraction of sp³-hybridized carbons (Fsp3) is 0.389. The van der Waals surface area contributed by atoms with Crippen molar-refractivity contribution in [2.24, 2.45) is 5.92 Å². The number of amides is 1. The van der Waals surface area contributed by atoms with Gasteiger partial charge < -0.3 is 10.3 Å². The Morgan fingerprint density at radius 3 is 2.79 bits per heavy atom. The van der Waals surface area contributed by atoms with Gasteiger partial charge in [-0.25, -0.2) is 9.37 Å². The Hall–Kier alpha value is -2.50. The summed E-state index contributed by atoms with van der Waals surface area (Å²) < 4.78 is 13.6. The van der Waals surface area contributed by atoms with Crippen LogP contribution in [0.4, 0.5) is 10.1 Å². The summed E-state index contributed by atoms with van der Waals surface area (Å²) in [6, 6.07) is 4.66. The van der Waals surface area contributed by atoms with Gasteiger partial charge in [-0.05, 0) is 57.2 Å². The molecule has 0 spiro atoms. The first kappa shape index (κ1) is 16.4. The molecule has 5 nitrogen and oxygen atoms in total. The van der Waals surface area contributed by atoms with Crippen molar-refractivity contribution >= 4 is 11.6 Å². The molecule has 1 aromatic carbocycles. The number of hydrogen-bond donors (Lipinski definition) is 2. The molecule has 0 saturated carbocycles. The minimum atomic E-state index is -0.340. The molecule has 1 atom stereocenters. The normalized spacial score (nSPS) is 17.0. The highest BCUT2D eigenvalue weighted by molar-refractivity contribution is 5.92. The molecule has 1 aromatic heterocycles. The molecular formula is C18H20FN3O2. The third-order valence-electron chi connectivity index (χ3n) is 4.50. The van der Waals surface area contributed by atoms with Crippen LogP contribution in [0.1, 0.15) is 35.5 Å². The maximum atomic E-state index is 13.6. The van der Waals surface area contributed by atoms with E-state index in [-0.39, 0.29) is 23.2 Å². The summed E-state index contributed by atoms with van der Waals surface area (Å²) in [6.07, 6.45) is 2.34. The number of aromatic amines is 1. The fourth-order valence-corrected chi connectivity index (χ4v) is 3.08. The van der Waals surface area contributed by atoms with Gasteiger partial charge in [0.1, 0.15) is 11.6 Å². The molecule has 24 heavy (non-hydrogen) atoms. The van der Waals surface area contributed by atoms with Crippen molar-refractivity contribution in [1.29, 1.82) is 0 Å². The second-order valence-corrected chi connectivity index (χ2v) is 6.30. The van der Waals surface area contributed by atoms with Gasteiger partial charge in [0.05, 0.1) is 5.69 Å². The lowest BCUT2D eigenvalue weighted by Crippen LogP contribution is -2.23. The number of fused-ring (bicyclic) bond motifs is 1. The van der Waals surface area contributed by atoms with Crippen LogP contribution in [-0.2, 0) is 17.6 Å². The Kier molecular flexibility index (Phi) is 4.46. The molecule has 1 amide bonds. The zero-order valence-corrected chi connectivity index (χ0v) is 13.8. The lowest BCUT2D eigenvalue weighted by atomic mass is 9.98. The average molecular weight is 329 g/mol. The molecule has 1 heterocycles. The van der Waals surface area contributed by atoms with Gasteiger partial charge in [-0.2, -0.15) is 0 Å². The number of aromatic nitrogens is 2. The minimum absolute atomic E-state index is 0.112. The molecule has 1 aliphatic carbocycles. The summed E-state index contributed by atoms with van der Waals surface area (Å²) in [5, 5.41) is 2.77. The van der Waals surface area contributed by atoms with E-state index in [1.165, 1.54) is 6.07 Å². The van der Waals surface area contributed by atoms with Crippen LogP contribution in [0, 0.1) is 25.6 Å². The van der Waals surface area contributed by atoms with Crippen molar-refractivity contribution < 1.29 is 9.18 Å². The first-order valence-corrected chi connectivity index (χ1v) is 8.09. The lowest BCUT2D eigenvalue weighted by Gasteiger charge is -2.14. The summed E-state index contributed by atoms with van der Waals surface area (Å²) >= 11 is 0. The number of nitrogens with zero attached hydrogens (tertiary/aromatic N) is 1. The molecule has 0 saturated heterocycles. The number of rotatable bonds is 2. The molecule has 0 aliphatic heterocycles. The molecule has 2 N–H and O–H groups in total. The Balaban J connectivity index is 1.72. The van der Waals surface area contributed by atoms with E-state index in [1.54, 1.807) is 26.0 Å². The van der Waals surface area contributed by atoms with Crippen LogP contribution in [0.25, 0.3) is 0 Å². The van der Waals surface area contributed by atoms with Crippen LogP contribution in [0.2, 0.25) is 0 Å². The molecule has 1 unspecified atom stereocenters. The number of benzene rings is 1. The van der Waals surface area contributed by atoms with Gasteiger partial charge in [0.25, 0.3) is 5.56 Å². The largest absolute Gasteiger partial charge is 0.326 e. The summed E-state index contributed by atoms with van der Waals surface area (Å²) in [4.78, 5) is 31.6. The van der Waals surface area contributed by atoms with E-state index in [4.69, 9.17) is 0 Å². The van der Waals surface area contributed by atoms with Crippen molar-refractivity contribution in [3.63, 3.8) is 0 Å². The number of aryl methyl sites for hydroxylation is 3. The van der Waals surface area contributed by atoms with E-state index in [9.17, 15) is 14.0 Å². The molecule has 0 radical (unpaired) electrons. The van der Waals surface area contributed by atoms with Crippen LogP contribution in [-0.4, -0.2) is 15.9 Å². The van der Waals surface area contributed by atoms with Crippen molar-refractivity contribution in [1.82, 2.24) is 9.97 Å². The zero-order valence-electron chi connectivity index (χ0n) is 13.8. The van der Waals surface area contributed by atoms with Crippen molar-refractivity contribution in [2.75, 3.05) is 5.32 Å². The molecule has 1 aliphatic rings. The van der Waals surface area contributed by atoms with Crippen LogP contribution >= 0.6 is 0 Å². The number of anilines is 1. The Labute approximate surface area is 139 Å². The van der Waals surface area contributed by atoms with E-state index in [0.717, 1.165) is 5.69 Å². The molecule has 2 aromatic rings. The maximum absolute atomic E-state index is 13.6. The summed E-state index contributed by atoms with van der Waals surface area (Å²) in [6.45, 7) is 3.43. The monoisotopic (exact) mass is 329 g/mol. The minimum Gasteiger partial charge on any atom is -0.326 e. The summed E-state index contributed by atoms with van der Waals surface area (Å²) in [7, 11) is 0. The standard InChI is InChI=1S/C18H20FN3O2/c1-10-3-6-13(9-15(10)19)22-17(23)12-4-7-14-16(8-5-12)20-11(2)21-18(14)24/h3,6,9,12H,4-5,7-8H2,1-2H3,(H,22,23)(H,20,21,24). The maximum Gasteiger partial charge on any atom is 0.254 e.